The van der Waals surface area contributed by atoms with Crippen molar-refractivity contribution < 1.29 is 14.3 Å². The van der Waals surface area contributed by atoms with Crippen LogP contribution in [0.25, 0.3) is 0 Å². The Morgan fingerprint density at radius 1 is 1.09 bits per heavy atom. The van der Waals surface area contributed by atoms with Crippen LogP contribution in [0.1, 0.15) is 28.8 Å². The van der Waals surface area contributed by atoms with Gasteiger partial charge in [-0.2, -0.15) is 0 Å². The van der Waals surface area contributed by atoms with Crippen LogP contribution in [0.3, 0.4) is 0 Å². The van der Waals surface area contributed by atoms with E-state index in [2.05, 4.69) is 21.9 Å². The maximum absolute atomic E-state index is 13.7. The van der Waals surface area contributed by atoms with Gasteiger partial charge in [-0.1, -0.05) is 24.8 Å². The van der Waals surface area contributed by atoms with Gasteiger partial charge in [0.1, 0.15) is 35.0 Å². The smallest absolute Gasteiger partial charge is 0.246 e. The third-order valence-electron chi connectivity index (χ3n) is 5.82. The molecule has 0 spiro atoms. The molecule has 1 N–H and O–H groups in total. The van der Waals surface area contributed by atoms with Gasteiger partial charge in [0, 0.05) is 38.8 Å². The molecule has 0 aliphatic carbocycles. The van der Waals surface area contributed by atoms with Crippen LogP contribution in [0.4, 0.5) is 11.6 Å². The number of benzene rings is 2. The molecular formula is C27H29N5O3. The number of anilines is 2. The summed E-state index contributed by atoms with van der Waals surface area (Å²) in [6.45, 7) is 4.80. The number of likely N-dealkylation sites (tertiary alicyclic amines) is 1. The van der Waals surface area contributed by atoms with Crippen molar-refractivity contribution in [3.63, 3.8) is 0 Å². The first-order chi connectivity index (χ1) is 17.0. The Morgan fingerprint density at radius 3 is 2.49 bits per heavy atom. The number of para-hydroxylation sites is 1. The molecular weight excluding hydrogens is 442 g/mol. The Bertz CT molecular complexity index is 1200. The predicted octanol–water partition coefficient (Wildman–Crippen LogP) is 4.15. The first-order valence-electron chi connectivity index (χ1n) is 11.5. The standard InChI is InChI=1S/C27H29N5O3/c1-4-23(33)32-16-8-9-20(17-32)30-26-24(27(31(2)3)29-18-28-26)25(34)19-12-14-22(15-13-19)35-21-10-6-5-7-11-21/h4-7,10-15,18,20H,1,8-9,16-17H2,2-3H3,(H,28,29,30)/t20-/m1/s1. The van der Waals surface area contributed by atoms with Gasteiger partial charge in [-0.3, -0.25) is 9.59 Å². The molecule has 3 aromatic rings. The predicted molar refractivity (Wildman–Crippen MR) is 136 cm³/mol. The molecule has 2 heterocycles. The zero-order valence-electron chi connectivity index (χ0n) is 20.0. The molecule has 0 bridgehead atoms. The van der Waals surface area contributed by atoms with E-state index in [0.717, 1.165) is 18.6 Å². The van der Waals surface area contributed by atoms with Gasteiger partial charge in [-0.15, -0.1) is 0 Å². The first-order valence-corrected chi connectivity index (χ1v) is 11.5. The van der Waals surface area contributed by atoms with Gasteiger partial charge in [0.15, 0.2) is 5.78 Å². The molecule has 1 fully saturated rings. The van der Waals surface area contributed by atoms with Crippen molar-refractivity contribution in [2.45, 2.75) is 18.9 Å². The van der Waals surface area contributed by atoms with Gasteiger partial charge in [0.05, 0.1) is 0 Å². The van der Waals surface area contributed by atoms with Crippen molar-refractivity contribution in [1.29, 1.82) is 0 Å². The van der Waals surface area contributed by atoms with Crippen molar-refractivity contribution in [2.75, 3.05) is 37.4 Å². The second kappa shape index (κ2) is 10.8. The highest BCUT2D eigenvalue weighted by molar-refractivity contribution is 6.15. The Labute approximate surface area is 205 Å². The first kappa shape index (κ1) is 23.9. The lowest BCUT2D eigenvalue weighted by Gasteiger charge is -2.33. The molecule has 1 saturated heterocycles. The molecule has 8 heteroatoms. The number of nitrogens with zero attached hydrogens (tertiary/aromatic N) is 4. The van der Waals surface area contributed by atoms with Crippen LogP contribution in [-0.2, 0) is 4.79 Å². The molecule has 2 aromatic carbocycles. The molecule has 8 nitrogen and oxygen atoms in total. The molecule has 180 valence electrons. The molecule has 1 aliphatic heterocycles. The number of hydrogen-bond donors (Lipinski definition) is 1. The van der Waals surface area contributed by atoms with Gasteiger partial charge < -0.3 is 19.9 Å². The number of ketones is 1. The van der Waals surface area contributed by atoms with E-state index in [1.54, 1.807) is 34.1 Å². The topological polar surface area (TPSA) is 87.7 Å². The van der Waals surface area contributed by atoms with E-state index in [9.17, 15) is 9.59 Å². The van der Waals surface area contributed by atoms with Crippen LogP contribution in [-0.4, -0.2) is 59.8 Å². The van der Waals surface area contributed by atoms with Crippen LogP contribution < -0.4 is 15.0 Å². The highest BCUT2D eigenvalue weighted by atomic mass is 16.5. The van der Waals surface area contributed by atoms with E-state index in [-0.39, 0.29) is 17.7 Å². The summed E-state index contributed by atoms with van der Waals surface area (Å²) in [5.74, 6) is 2.04. The van der Waals surface area contributed by atoms with Gasteiger partial charge >= 0.3 is 0 Å². The zero-order valence-corrected chi connectivity index (χ0v) is 20.0. The minimum Gasteiger partial charge on any atom is -0.457 e. The van der Waals surface area contributed by atoms with Crippen molar-refractivity contribution >= 4 is 23.3 Å². The maximum atomic E-state index is 13.7. The average Bonchev–Trinajstić information content (AvgIpc) is 2.89. The molecule has 4 rings (SSSR count). The number of carbonyl (C=O) groups is 2. The Hall–Kier alpha value is -4.20. The number of carbonyl (C=O) groups excluding carboxylic acids is 2. The van der Waals surface area contributed by atoms with Crippen molar-refractivity contribution in [3.8, 4) is 11.5 Å². The van der Waals surface area contributed by atoms with Gasteiger partial charge in [0.2, 0.25) is 5.91 Å². The summed E-state index contributed by atoms with van der Waals surface area (Å²) < 4.78 is 5.85. The number of aromatic nitrogens is 2. The highest BCUT2D eigenvalue weighted by Crippen LogP contribution is 2.28. The summed E-state index contributed by atoms with van der Waals surface area (Å²) in [7, 11) is 3.68. The summed E-state index contributed by atoms with van der Waals surface area (Å²) >= 11 is 0. The monoisotopic (exact) mass is 471 g/mol. The number of rotatable bonds is 8. The van der Waals surface area contributed by atoms with Crippen molar-refractivity contribution in [2.24, 2.45) is 0 Å². The zero-order chi connectivity index (χ0) is 24.8. The van der Waals surface area contributed by atoms with E-state index in [1.165, 1.54) is 12.4 Å². The van der Waals surface area contributed by atoms with E-state index in [0.29, 0.717) is 41.6 Å². The average molecular weight is 472 g/mol. The number of piperidine rings is 1. The molecule has 1 amide bonds. The third-order valence-corrected chi connectivity index (χ3v) is 5.82. The minimum absolute atomic E-state index is 0.0363. The van der Waals surface area contributed by atoms with E-state index in [1.807, 2.05) is 44.4 Å². The van der Waals surface area contributed by atoms with Crippen LogP contribution >= 0.6 is 0 Å². The number of ether oxygens (including phenoxy) is 1. The molecule has 0 saturated carbocycles. The normalized spacial score (nSPS) is 15.3. The molecule has 1 aromatic heterocycles. The Kier molecular flexibility index (Phi) is 7.40. The fourth-order valence-corrected chi connectivity index (χ4v) is 4.09. The number of hydrogen-bond acceptors (Lipinski definition) is 7. The third kappa shape index (κ3) is 5.66. The van der Waals surface area contributed by atoms with Crippen LogP contribution in [0.5, 0.6) is 11.5 Å². The van der Waals surface area contributed by atoms with Crippen molar-refractivity contribution in [3.05, 3.63) is 84.7 Å². The molecule has 0 unspecified atom stereocenters. The largest absolute Gasteiger partial charge is 0.457 e. The summed E-state index contributed by atoms with van der Waals surface area (Å²) in [6, 6.07) is 16.4. The fourth-order valence-electron chi connectivity index (χ4n) is 4.09. The summed E-state index contributed by atoms with van der Waals surface area (Å²) in [4.78, 5) is 38.1. The van der Waals surface area contributed by atoms with E-state index < -0.39 is 0 Å². The van der Waals surface area contributed by atoms with Crippen molar-refractivity contribution in [1.82, 2.24) is 14.9 Å². The van der Waals surface area contributed by atoms with E-state index in [4.69, 9.17) is 4.74 Å². The summed E-state index contributed by atoms with van der Waals surface area (Å²) in [5.41, 5.74) is 0.889. The van der Waals surface area contributed by atoms with Crippen LogP contribution in [0.2, 0.25) is 0 Å². The lowest BCUT2D eigenvalue weighted by atomic mass is 10.0. The lowest BCUT2D eigenvalue weighted by Crippen LogP contribution is -2.44. The number of nitrogens with one attached hydrogen (secondary N) is 1. The molecule has 1 aliphatic rings. The molecule has 0 radical (unpaired) electrons. The van der Waals surface area contributed by atoms with Gasteiger partial charge in [-0.25, -0.2) is 9.97 Å². The molecule has 35 heavy (non-hydrogen) atoms. The maximum Gasteiger partial charge on any atom is 0.246 e. The van der Waals surface area contributed by atoms with Crippen LogP contribution in [0.15, 0.2) is 73.6 Å². The SMILES string of the molecule is C=CC(=O)N1CCC[C@@H](Nc2ncnc(N(C)C)c2C(=O)c2ccc(Oc3ccccc3)cc2)C1. The summed E-state index contributed by atoms with van der Waals surface area (Å²) in [6.07, 6.45) is 4.49. The quantitative estimate of drug-likeness (QED) is 0.390. The Morgan fingerprint density at radius 2 is 1.80 bits per heavy atom. The van der Waals surface area contributed by atoms with E-state index >= 15 is 0 Å². The number of amides is 1. The summed E-state index contributed by atoms with van der Waals surface area (Å²) in [5, 5.41) is 3.40. The fraction of sp³-hybridized carbons (Fsp3) is 0.259. The Balaban J connectivity index is 1.59. The molecule has 1 atom stereocenters. The van der Waals surface area contributed by atoms with Gasteiger partial charge in [-0.05, 0) is 55.3 Å². The highest BCUT2D eigenvalue weighted by Gasteiger charge is 2.27. The lowest BCUT2D eigenvalue weighted by molar-refractivity contribution is -0.127. The second-order valence-electron chi connectivity index (χ2n) is 8.56. The second-order valence-corrected chi connectivity index (χ2v) is 8.56. The van der Waals surface area contributed by atoms with Gasteiger partial charge in [0.25, 0.3) is 0 Å². The van der Waals surface area contributed by atoms with Crippen LogP contribution in [0, 0.1) is 0 Å². The minimum atomic E-state index is -0.196.